The maximum Gasteiger partial charge on any atom is 0.338 e. The van der Waals surface area contributed by atoms with Crippen molar-refractivity contribution in [1.82, 2.24) is 10.6 Å². The second kappa shape index (κ2) is 6.59. The van der Waals surface area contributed by atoms with Gasteiger partial charge >= 0.3 is 5.97 Å². The van der Waals surface area contributed by atoms with E-state index >= 15 is 0 Å². The second-order valence-corrected chi connectivity index (χ2v) is 3.79. The zero-order valence-corrected chi connectivity index (χ0v) is 10.5. The van der Waals surface area contributed by atoms with Gasteiger partial charge in [-0.05, 0) is 11.6 Å². The summed E-state index contributed by atoms with van der Waals surface area (Å²) in [5.74, 6) is -0.275. The van der Waals surface area contributed by atoms with Crippen LogP contribution in [-0.4, -0.2) is 32.7 Å². The Bertz CT molecular complexity index is 379. The van der Waals surface area contributed by atoms with Crippen LogP contribution in [0.15, 0.2) is 24.3 Å². The van der Waals surface area contributed by atoms with Crippen molar-refractivity contribution in [1.29, 1.82) is 0 Å². The van der Waals surface area contributed by atoms with Gasteiger partial charge in [-0.3, -0.25) is 0 Å². The standard InChI is InChI=1S/C12H16N2O2.ClH/c1-16-12(15)10-5-3-2-4-9(10)11-8-13-6-7-14-11;/h2-5,11,13-14H,6-8H2,1H3;1H/t11-;/m0./s1. The maximum atomic E-state index is 11.6. The van der Waals surface area contributed by atoms with Gasteiger partial charge < -0.3 is 15.4 Å². The molecule has 0 amide bonds. The van der Waals surface area contributed by atoms with Crippen molar-refractivity contribution in [3.63, 3.8) is 0 Å². The Morgan fingerprint density at radius 1 is 1.35 bits per heavy atom. The normalized spacial score (nSPS) is 19.2. The van der Waals surface area contributed by atoms with Gasteiger partial charge in [0.25, 0.3) is 0 Å². The van der Waals surface area contributed by atoms with Crippen LogP contribution in [-0.2, 0) is 4.74 Å². The molecule has 1 fully saturated rings. The van der Waals surface area contributed by atoms with Crippen molar-refractivity contribution >= 4 is 18.4 Å². The minimum atomic E-state index is -0.275. The Morgan fingerprint density at radius 2 is 2.12 bits per heavy atom. The molecular weight excluding hydrogens is 240 g/mol. The van der Waals surface area contributed by atoms with Crippen LogP contribution in [0.25, 0.3) is 0 Å². The topological polar surface area (TPSA) is 50.4 Å². The Hall–Kier alpha value is -1.10. The van der Waals surface area contributed by atoms with E-state index in [2.05, 4.69) is 10.6 Å². The molecule has 0 aliphatic carbocycles. The summed E-state index contributed by atoms with van der Waals surface area (Å²) in [6, 6.07) is 7.75. The fourth-order valence-corrected chi connectivity index (χ4v) is 1.97. The lowest BCUT2D eigenvalue weighted by Crippen LogP contribution is -2.43. The molecular formula is C12H17ClN2O2. The largest absolute Gasteiger partial charge is 0.465 e. The number of piperazine rings is 1. The van der Waals surface area contributed by atoms with Crippen LogP contribution >= 0.6 is 12.4 Å². The number of carbonyl (C=O) groups is 1. The molecule has 1 aromatic carbocycles. The average molecular weight is 257 g/mol. The van der Waals surface area contributed by atoms with Gasteiger partial charge in [0.05, 0.1) is 12.7 Å². The van der Waals surface area contributed by atoms with E-state index in [1.54, 1.807) is 6.07 Å². The van der Waals surface area contributed by atoms with Crippen LogP contribution < -0.4 is 10.6 Å². The molecule has 0 saturated carbocycles. The number of methoxy groups -OCH3 is 1. The van der Waals surface area contributed by atoms with Gasteiger partial charge in [-0.2, -0.15) is 0 Å². The highest BCUT2D eigenvalue weighted by Crippen LogP contribution is 2.19. The highest BCUT2D eigenvalue weighted by Gasteiger charge is 2.20. The lowest BCUT2D eigenvalue weighted by molar-refractivity contribution is 0.0598. The van der Waals surface area contributed by atoms with Crippen molar-refractivity contribution in [3.8, 4) is 0 Å². The summed E-state index contributed by atoms with van der Waals surface area (Å²) in [4.78, 5) is 11.6. The number of benzene rings is 1. The first-order valence-corrected chi connectivity index (χ1v) is 5.44. The molecule has 1 saturated heterocycles. The monoisotopic (exact) mass is 256 g/mol. The molecule has 0 bridgehead atoms. The predicted molar refractivity (Wildman–Crippen MR) is 68.6 cm³/mol. The van der Waals surface area contributed by atoms with Crippen LogP contribution in [0.2, 0.25) is 0 Å². The summed E-state index contributed by atoms with van der Waals surface area (Å²) in [5, 5.41) is 6.69. The third-order valence-electron chi connectivity index (χ3n) is 2.78. The third-order valence-corrected chi connectivity index (χ3v) is 2.78. The first-order chi connectivity index (χ1) is 7.83. The first-order valence-electron chi connectivity index (χ1n) is 5.44. The molecule has 1 atom stereocenters. The van der Waals surface area contributed by atoms with Crippen LogP contribution in [0.3, 0.4) is 0 Å². The van der Waals surface area contributed by atoms with E-state index in [0.717, 1.165) is 25.2 Å². The number of rotatable bonds is 2. The van der Waals surface area contributed by atoms with E-state index in [-0.39, 0.29) is 24.4 Å². The van der Waals surface area contributed by atoms with Gasteiger partial charge in [-0.15, -0.1) is 12.4 Å². The summed E-state index contributed by atoms with van der Waals surface area (Å²) in [7, 11) is 1.41. The molecule has 1 aliphatic heterocycles. The third kappa shape index (κ3) is 3.19. The Kier molecular flexibility index (Phi) is 5.41. The number of ether oxygens (including phenoxy) is 1. The molecule has 2 rings (SSSR count). The summed E-state index contributed by atoms with van der Waals surface area (Å²) in [6.07, 6.45) is 0. The minimum Gasteiger partial charge on any atom is -0.465 e. The van der Waals surface area contributed by atoms with Crippen LogP contribution in [0, 0.1) is 0 Å². The van der Waals surface area contributed by atoms with Crippen molar-refractivity contribution in [2.75, 3.05) is 26.7 Å². The van der Waals surface area contributed by atoms with Crippen molar-refractivity contribution in [2.24, 2.45) is 0 Å². The zero-order valence-electron chi connectivity index (χ0n) is 9.73. The second-order valence-electron chi connectivity index (χ2n) is 3.79. The molecule has 2 N–H and O–H groups in total. The van der Waals surface area contributed by atoms with E-state index in [9.17, 15) is 4.79 Å². The zero-order chi connectivity index (χ0) is 11.4. The predicted octanol–water partition coefficient (Wildman–Crippen LogP) is 1.13. The van der Waals surface area contributed by atoms with Gasteiger partial charge in [0.15, 0.2) is 0 Å². The van der Waals surface area contributed by atoms with Gasteiger partial charge in [-0.25, -0.2) is 4.79 Å². The molecule has 17 heavy (non-hydrogen) atoms. The fraction of sp³-hybridized carbons (Fsp3) is 0.417. The Balaban J connectivity index is 0.00000144. The van der Waals surface area contributed by atoms with E-state index in [1.807, 2.05) is 18.2 Å². The van der Waals surface area contributed by atoms with Crippen molar-refractivity contribution < 1.29 is 9.53 Å². The van der Waals surface area contributed by atoms with Gasteiger partial charge in [0.2, 0.25) is 0 Å². The molecule has 4 nitrogen and oxygen atoms in total. The van der Waals surface area contributed by atoms with E-state index < -0.39 is 0 Å². The maximum absolute atomic E-state index is 11.6. The van der Waals surface area contributed by atoms with Gasteiger partial charge in [0, 0.05) is 25.7 Å². The lowest BCUT2D eigenvalue weighted by Gasteiger charge is -2.26. The number of carbonyl (C=O) groups excluding carboxylic acids is 1. The molecule has 0 radical (unpaired) electrons. The summed E-state index contributed by atoms with van der Waals surface area (Å²) < 4.78 is 4.78. The van der Waals surface area contributed by atoms with Crippen LogP contribution in [0.4, 0.5) is 0 Å². The van der Waals surface area contributed by atoms with Gasteiger partial charge in [-0.1, -0.05) is 18.2 Å². The number of nitrogens with one attached hydrogen (secondary N) is 2. The molecule has 1 aromatic rings. The van der Waals surface area contributed by atoms with Crippen LogP contribution in [0.5, 0.6) is 0 Å². The van der Waals surface area contributed by atoms with Crippen molar-refractivity contribution in [3.05, 3.63) is 35.4 Å². The summed E-state index contributed by atoms with van der Waals surface area (Å²) >= 11 is 0. The van der Waals surface area contributed by atoms with E-state index in [0.29, 0.717) is 5.56 Å². The van der Waals surface area contributed by atoms with Gasteiger partial charge in [0.1, 0.15) is 0 Å². The quantitative estimate of drug-likeness (QED) is 0.779. The molecule has 0 spiro atoms. The summed E-state index contributed by atoms with van der Waals surface area (Å²) in [6.45, 7) is 2.73. The minimum absolute atomic E-state index is 0. The number of halogens is 1. The molecule has 0 unspecified atom stereocenters. The summed E-state index contributed by atoms with van der Waals surface area (Å²) in [5.41, 5.74) is 1.65. The smallest absolute Gasteiger partial charge is 0.338 e. The molecule has 1 heterocycles. The number of esters is 1. The van der Waals surface area contributed by atoms with Crippen molar-refractivity contribution in [2.45, 2.75) is 6.04 Å². The molecule has 1 aliphatic rings. The fourth-order valence-electron chi connectivity index (χ4n) is 1.97. The highest BCUT2D eigenvalue weighted by molar-refractivity contribution is 5.91. The first kappa shape index (κ1) is 14.0. The van der Waals surface area contributed by atoms with E-state index in [4.69, 9.17) is 4.74 Å². The number of hydrogen-bond acceptors (Lipinski definition) is 4. The van der Waals surface area contributed by atoms with Crippen LogP contribution in [0.1, 0.15) is 22.0 Å². The molecule has 0 aromatic heterocycles. The Morgan fingerprint density at radius 3 is 2.76 bits per heavy atom. The SMILES string of the molecule is COC(=O)c1ccccc1[C@@H]1CNCCN1.Cl. The van der Waals surface area contributed by atoms with E-state index in [1.165, 1.54) is 7.11 Å². The molecule has 5 heteroatoms. The average Bonchev–Trinajstić information content (AvgIpc) is 2.39. The highest BCUT2D eigenvalue weighted by atomic mass is 35.5. The number of hydrogen-bond donors (Lipinski definition) is 2. The Labute approximate surface area is 107 Å². The molecule has 94 valence electrons. The lowest BCUT2D eigenvalue weighted by atomic mass is 9.99.